The highest BCUT2D eigenvalue weighted by Crippen LogP contribution is 2.42. The van der Waals surface area contributed by atoms with E-state index in [1.807, 2.05) is 149 Å². The SMILES string of the molecule is COc1cccc(C(CN)NC(=O)c2cccc(-c3ccc4c(c3)C(C3CC3)=NC4)c2)c1.COc1cccc(C(CNC(=O)OC(C)(C)C)NC(=O)c2cccc(-c3ccc4c(c3)C(C3CC3)=NC4)c2)c1.Cc1cccc(C(N)CNC(=O)OC(C)(C)C)c1.O=C(O)c1cccc(-c2ccc3c(c2)C(C2CC2)=NC3)c1. The number of amides is 4. The average Bonchev–Trinajstić information content (AvgIpc) is 1.63. The van der Waals surface area contributed by atoms with E-state index in [4.69, 9.17) is 45.5 Å². The molecular weight excluding hydrogens is 1380 g/mol. The van der Waals surface area contributed by atoms with Gasteiger partial charge in [-0.25, -0.2) is 14.4 Å². The molecule has 110 heavy (non-hydrogen) atoms. The maximum Gasteiger partial charge on any atom is 0.407 e. The van der Waals surface area contributed by atoms with Crippen LogP contribution in [0.2, 0.25) is 0 Å². The number of ether oxygens (including phenoxy) is 4. The van der Waals surface area contributed by atoms with Crippen LogP contribution in [0.4, 0.5) is 9.59 Å². The molecule has 3 atom stereocenters. The summed E-state index contributed by atoms with van der Waals surface area (Å²) in [6.07, 6.45) is 6.43. The molecule has 0 spiro atoms. The summed E-state index contributed by atoms with van der Waals surface area (Å²) in [7, 11) is 3.22. The highest BCUT2D eigenvalue weighted by molar-refractivity contribution is 6.09. The van der Waals surface area contributed by atoms with Gasteiger partial charge in [0, 0.05) is 88.4 Å². The van der Waals surface area contributed by atoms with Gasteiger partial charge in [-0.2, -0.15) is 0 Å². The summed E-state index contributed by atoms with van der Waals surface area (Å²) in [5, 5.41) is 20.7. The lowest BCUT2D eigenvalue weighted by molar-refractivity contribution is 0.0511. The molecule has 0 bridgehead atoms. The largest absolute Gasteiger partial charge is 0.497 e. The Kier molecular flexibility index (Phi) is 24.7. The van der Waals surface area contributed by atoms with E-state index in [0.717, 1.165) is 81.0 Å². The van der Waals surface area contributed by atoms with Gasteiger partial charge in [0.25, 0.3) is 11.8 Å². The van der Waals surface area contributed by atoms with E-state index in [1.54, 1.807) is 59.3 Å². The average molecular weight is 1480 g/mol. The Balaban J connectivity index is 0.000000143. The van der Waals surface area contributed by atoms with Crippen LogP contribution in [0.1, 0.15) is 185 Å². The van der Waals surface area contributed by atoms with Gasteiger partial charge >= 0.3 is 18.2 Å². The Morgan fingerprint density at radius 2 is 0.809 bits per heavy atom. The van der Waals surface area contributed by atoms with Gasteiger partial charge in [-0.3, -0.25) is 24.6 Å². The number of carboxylic acid groups (broad SMARTS) is 1. The number of rotatable bonds is 21. The predicted molar refractivity (Wildman–Crippen MR) is 434 cm³/mol. The number of carbonyl (C=O) groups is 5. The fraction of sp³-hybridized carbons (Fsp3) is 0.319. The number of nitrogens with one attached hydrogen (secondary N) is 4. The molecule has 9 N–H and O–H groups in total. The van der Waals surface area contributed by atoms with Crippen molar-refractivity contribution in [2.45, 2.75) is 136 Å². The monoisotopic (exact) mass is 1480 g/mol. The number of benzene rings is 9. The van der Waals surface area contributed by atoms with Gasteiger partial charge in [-0.15, -0.1) is 0 Å². The molecule has 0 radical (unpaired) electrons. The number of methoxy groups -OCH3 is 2. The lowest BCUT2D eigenvalue weighted by Gasteiger charge is -2.23. The van der Waals surface area contributed by atoms with Gasteiger partial charge in [0.2, 0.25) is 0 Å². The van der Waals surface area contributed by atoms with E-state index in [9.17, 15) is 24.0 Å². The Morgan fingerprint density at radius 1 is 0.445 bits per heavy atom. The van der Waals surface area contributed by atoms with Gasteiger partial charge in [0.15, 0.2) is 0 Å². The molecule has 0 saturated heterocycles. The number of nitrogens with two attached hydrogens (primary N) is 2. The number of hydrogen-bond donors (Lipinski definition) is 7. The zero-order valence-electron chi connectivity index (χ0n) is 64.1. The van der Waals surface area contributed by atoms with Crippen LogP contribution in [0.15, 0.2) is 215 Å². The number of aliphatic imine (C=N–C) groups is 3. The second-order valence-electron chi connectivity index (χ2n) is 30.7. The zero-order valence-corrected chi connectivity index (χ0v) is 64.1. The molecule has 19 heteroatoms. The van der Waals surface area contributed by atoms with Crippen LogP contribution >= 0.6 is 0 Å². The molecule has 19 nitrogen and oxygen atoms in total. The van der Waals surface area contributed by atoms with Gasteiger partial charge in [0.1, 0.15) is 22.7 Å². The molecule has 3 heterocycles. The minimum absolute atomic E-state index is 0.147. The molecular formula is C91H99N9O10. The van der Waals surface area contributed by atoms with E-state index in [-0.39, 0.29) is 30.4 Å². The second-order valence-corrected chi connectivity index (χ2v) is 30.7. The van der Waals surface area contributed by atoms with Crippen molar-refractivity contribution >= 4 is 47.1 Å². The molecule has 0 aromatic heterocycles. The van der Waals surface area contributed by atoms with Crippen molar-refractivity contribution in [3.05, 3.63) is 273 Å². The van der Waals surface area contributed by atoms with E-state index < -0.39 is 35.4 Å². The molecule has 3 aliphatic heterocycles. The lowest BCUT2D eigenvalue weighted by atomic mass is 9.95. The minimum Gasteiger partial charge on any atom is -0.497 e. The minimum atomic E-state index is -0.891. The number of carbonyl (C=O) groups excluding carboxylic acids is 4. The van der Waals surface area contributed by atoms with Crippen molar-refractivity contribution in [3.8, 4) is 44.9 Å². The van der Waals surface area contributed by atoms with Crippen LogP contribution in [0.3, 0.4) is 0 Å². The van der Waals surface area contributed by atoms with Crippen molar-refractivity contribution in [3.63, 3.8) is 0 Å². The molecule has 3 saturated carbocycles. The van der Waals surface area contributed by atoms with Crippen LogP contribution in [0.5, 0.6) is 11.5 Å². The number of carboxylic acids is 1. The second kappa shape index (κ2) is 34.8. The van der Waals surface area contributed by atoms with Gasteiger partial charge in [0.05, 0.1) is 51.5 Å². The zero-order chi connectivity index (χ0) is 77.8. The predicted octanol–water partition coefficient (Wildman–Crippen LogP) is 16.9. The number of hydrogen-bond acceptors (Lipinski definition) is 14. The summed E-state index contributed by atoms with van der Waals surface area (Å²) in [5.74, 6) is 2.00. The maximum absolute atomic E-state index is 13.5. The number of aromatic carboxylic acids is 1. The lowest BCUT2D eigenvalue weighted by Crippen LogP contribution is -2.40. The topological polar surface area (TPSA) is 280 Å². The molecule has 9 aromatic rings. The summed E-state index contributed by atoms with van der Waals surface area (Å²) in [5.41, 5.74) is 33.8. The Morgan fingerprint density at radius 3 is 1.20 bits per heavy atom. The first-order valence-corrected chi connectivity index (χ1v) is 37.8. The first kappa shape index (κ1) is 78.1. The summed E-state index contributed by atoms with van der Waals surface area (Å²) in [6.45, 7) is 16.1. The first-order chi connectivity index (χ1) is 52.9. The van der Waals surface area contributed by atoms with Gasteiger partial charge in [-0.1, -0.05) is 127 Å². The molecule has 3 aliphatic carbocycles. The number of fused-ring (bicyclic) bond motifs is 3. The van der Waals surface area contributed by atoms with E-state index in [1.165, 1.54) is 89.0 Å². The molecule has 4 amide bonds. The highest BCUT2D eigenvalue weighted by Gasteiger charge is 2.35. The Hall–Kier alpha value is -11.5. The standard InChI is InChI=1S/C32H35N3O4.C27H27N3O2.C18H15NO2.C14H22N2O2/c1-32(2,3)39-31(37)34-19-28(23-8-6-10-26(16-23)38-4)35-30(36)24-9-5-7-21(15-24)22-13-14-25-18-33-29(20-11-12-20)27(25)17-22;1-32-23-7-3-5-20(13-23)25(15-28)30-27(31)21-6-2-4-18(12-21)19-10-11-22-16-29-26(17-8-9-17)24(22)14-19;20-18(21)14-3-1-2-12(8-14)13-6-7-15-10-19-17(11-4-5-11)16(15)9-13;1-10-6-5-7-11(8-10)12(15)9-16-13(17)18-14(2,3)4/h5-10,13-17,20,28H,11-12,18-19H2,1-4H3,(H,34,37)(H,35,36);2-7,10-14,17,25H,8-9,15-16,28H2,1H3,(H,30,31);1-3,6-9,11H,4-5,10H2,(H,20,21);5-8,12H,9,15H2,1-4H3,(H,16,17). The third-order valence-electron chi connectivity index (χ3n) is 19.7. The van der Waals surface area contributed by atoms with Crippen LogP contribution in [-0.4, -0.2) is 97.3 Å². The van der Waals surface area contributed by atoms with Crippen LogP contribution in [0.25, 0.3) is 33.4 Å². The third kappa shape index (κ3) is 20.8. The summed E-state index contributed by atoms with van der Waals surface area (Å²) in [4.78, 5) is 75.6. The van der Waals surface area contributed by atoms with Crippen molar-refractivity contribution in [1.82, 2.24) is 21.3 Å². The van der Waals surface area contributed by atoms with E-state index in [2.05, 4.69) is 80.9 Å². The Labute approximate surface area is 644 Å². The van der Waals surface area contributed by atoms with Crippen LogP contribution < -0.4 is 42.2 Å². The molecule has 6 aliphatic rings. The number of nitrogens with zero attached hydrogens (tertiary/aromatic N) is 3. The molecule has 15 rings (SSSR count). The third-order valence-corrected chi connectivity index (χ3v) is 19.7. The van der Waals surface area contributed by atoms with Crippen molar-refractivity contribution in [2.24, 2.45) is 44.2 Å². The van der Waals surface area contributed by atoms with E-state index in [0.29, 0.717) is 53.3 Å². The molecule has 9 aromatic carbocycles. The van der Waals surface area contributed by atoms with Gasteiger partial charge in [-0.05, 0) is 233 Å². The number of aryl methyl sites for hydroxylation is 1. The Bertz CT molecular complexity index is 4980. The van der Waals surface area contributed by atoms with E-state index >= 15 is 0 Å². The molecule has 3 fully saturated rings. The number of alkyl carbamates (subject to hydrolysis) is 2. The molecule has 568 valence electrons. The van der Waals surface area contributed by atoms with Crippen LogP contribution in [0, 0.1) is 24.7 Å². The summed E-state index contributed by atoms with van der Waals surface area (Å²) in [6, 6.07) is 63.8. The summed E-state index contributed by atoms with van der Waals surface area (Å²) >= 11 is 0. The van der Waals surface area contributed by atoms with Crippen LogP contribution in [-0.2, 0) is 29.1 Å². The smallest absolute Gasteiger partial charge is 0.407 e. The highest BCUT2D eigenvalue weighted by atomic mass is 16.6. The normalized spacial score (nSPS) is 15.2. The van der Waals surface area contributed by atoms with Crippen molar-refractivity contribution in [1.29, 1.82) is 0 Å². The summed E-state index contributed by atoms with van der Waals surface area (Å²) < 4.78 is 21.2. The fourth-order valence-electron chi connectivity index (χ4n) is 13.5. The maximum atomic E-state index is 13.5. The van der Waals surface area contributed by atoms with Gasteiger partial charge < -0.3 is 56.8 Å². The molecule has 3 unspecified atom stereocenters. The fourth-order valence-corrected chi connectivity index (χ4v) is 13.5. The van der Waals surface area contributed by atoms with Crippen molar-refractivity contribution in [2.75, 3.05) is 33.9 Å². The van der Waals surface area contributed by atoms with Crippen molar-refractivity contribution < 1.29 is 48.0 Å². The quantitative estimate of drug-likeness (QED) is 0.0354. The first-order valence-electron chi connectivity index (χ1n) is 37.8.